The Balaban J connectivity index is 1.36. The maximum absolute atomic E-state index is 13.0. The Hall–Kier alpha value is -4.33. The van der Waals surface area contributed by atoms with Crippen LogP contribution in [0.25, 0.3) is 5.69 Å². The lowest BCUT2D eigenvalue weighted by Gasteiger charge is -2.14. The third kappa shape index (κ3) is 5.11. The van der Waals surface area contributed by atoms with E-state index in [1.54, 1.807) is 35.3 Å². The first kappa shape index (κ1) is 22.5. The smallest absolute Gasteiger partial charge is 0.324 e. The van der Waals surface area contributed by atoms with E-state index in [1.807, 2.05) is 30.3 Å². The molecular weight excluding hydrogens is 440 g/mol. The molecular formula is C27H28N6O2. The van der Waals surface area contributed by atoms with Crippen LogP contribution in [0.2, 0.25) is 0 Å². The van der Waals surface area contributed by atoms with E-state index in [9.17, 15) is 4.79 Å². The van der Waals surface area contributed by atoms with Gasteiger partial charge in [0.05, 0.1) is 17.6 Å². The number of anilines is 3. The molecule has 0 spiro atoms. The second-order valence-corrected chi connectivity index (χ2v) is 9.49. The molecule has 3 N–H and O–H groups in total. The number of ether oxygens (including phenoxy) is 1. The molecule has 8 nitrogen and oxygen atoms in total. The summed E-state index contributed by atoms with van der Waals surface area (Å²) in [6.45, 7) is 7.24. The number of hydrogen-bond donors (Lipinski definition) is 3. The number of rotatable bonds is 5. The minimum Gasteiger partial charge on any atom is -0.456 e. The van der Waals surface area contributed by atoms with Gasteiger partial charge in [0, 0.05) is 41.7 Å². The van der Waals surface area contributed by atoms with Gasteiger partial charge in [0.2, 0.25) is 0 Å². The molecule has 5 rings (SSSR count). The van der Waals surface area contributed by atoms with Gasteiger partial charge in [0.25, 0.3) is 0 Å². The van der Waals surface area contributed by atoms with Crippen molar-refractivity contribution in [1.82, 2.24) is 14.8 Å². The van der Waals surface area contributed by atoms with Crippen LogP contribution >= 0.6 is 0 Å². The highest BCUT2D eigenvalue weighted by Gasteiger charge is 2.22. The van der Waals surface area contributed by atoms with Gasteiger partial charge in [-0.25, -0.2) is 9.48 Å². The van der Waals surface area contributed by atoms with E-state index in [2.05, 4.69) is 53.8 Å². The molecule has 4 aromatic rings. The molecule has 2 amide bonds. The van der Waals surface area contributed by atoms with Gasteiger partial charge in [-0.1, -0.05) is 26.8 Å². The fourth-order valence-electron chi connectivity index (χ4n) is 3.92. The number of hydrogen-bond acceptors (Lipinski definition) is 5. The summed E-state index contributed by atoms with van der Waals surface area (Å²) in [4.78, 5) is 17.0. The van der Waals surface area contributed by atoms with Crippen molar-refractivity contribution in [2.75, 3.05) is 22.5 Å². The number of nitrogens with one attached hydrogen (secondary N) is 3. The molecule has 0 atom stereocenters. The summed E-state index contributed by atoms with van der Waals surface area (Å²) in [6.07, 6.45) is 4.29. The zero-order chi connectivity index (χ0) is 24.4. The Morgan fingerprint density at radius 3 is 2.69 bits per heavy atom. The van der Waals surface area contributed by atoms with Gasteiger partial charge in [-0.05, 0) is 54.4 Å². The lowest BCUT2D eigenvalue weighted by molar-refractivity contribution is 0.262. The number of carbonyl (C=O) groups is 1. The topological polar surface area (TPSA) is 93.1 Å². The molecule has 35 heavy (non-hydrogen) atoms. The van der Waals surface area contributed by atoms with E-state index >= 15 is 0 Å². The van der Waals surface area contributed by atoms with Crippen LogP contribution in [0.15, 0.2) is 73.1 Å². The molecule has 3 heterocycles. The first-order valence-corrected chi connectivity index (χ1v) is 11.6. The number of carbonyl (C=O) groups excluding carboxylic acids is 1. The number of amides is 2. The standard InChI is InChI=1S/C27H28N6O2/c1-27(2,3)24-16-25(33(32-24)20-9-10-23-18(14-20)11-13-29-23)31-26(34)30-19-6-4-7-21(15-19)35-22-8-5-12-28-17-22/h4-10,12,14-17,29H,11,13H2,1-3H3,(H2,30,31,34). The molecule has 1 aliphatic rings. The van der Waals surface area contributed by atoms with Gasteiger partial charge in [0.1, 0.15) is 17.3 Å². The van der Waals surface area contributed by atoms with Gasteiger partial charge < -0.3 is 15.4 Å². The van der Waals surface area contributed by atoms with Gasteiger partial charge in [-0.15, -0.1) is 0 Å². The number of aromatic nitrogens is 3. The van der Waals surface area contributed by atoms with E-state index in [4.69, 9.17) is 9.84 Å². The average molecular weight is 469 g/mol. The van der Waals surface area contributed by atoms with Crippen molar-refractivity contribution < 1.29 is 9.53 Å². The minimum atomic E-state index is -0.368. The quantitative estimate of drug-likeness (QED) is 0.336. The first-order chi connectivity index (χ1) is 16.8. The number of benzene rings is 2. The van der Waals surface area contributed by atoms with Crippen LogP contribution in [0.1, 0.15) is 32.0 Å². The van der Waals surface area contributed by atoms with Gasteiger partial charge >= 0.3 is 6.03 Å². The lowest BCUT2D eigenvalue weighted by atomic mass is 9.92. The summed E-state index contributed by atoms with van der Waals surface area (Å²) in [7, 11) is 0. The third-order valence-corrected chi connectivity index (χ3v) is 5.72. The molecule has 0 unspecified atom stereocenters. The molecule has 0 aliphatic carbocycles. The lowest BCUT2D eigenvalue weighted by Crippen LogP contribution is -2.21. The van der Waals surface area contributed by atoms with E-state index < -0.39 is 0 Å². The van der Waals surface area contributed by atoms with Crippen LogP contribution in [0.4, 0.5) is 22.0 Å². The maximum Gasteiger partial charge on any atom is 0.324 e. The molecule has 1 aliphatic heterocycles. The summed E-state index contributed by atoms with van der Waals surface area (Å²) < 4.78 is 7.61. The van der Waals surface area contributed by atoms with Crippen LogP contribution < -0.4 is 20.7 Å². The van der Waals surface area contributed by atoms with Crippen molar-refractivity contribution in [3.05, 3.63) is 84.3 Å². The minimum absolute atomic E-state index is 0.172. The summed E-state index contributed by atoms with van der Waals surface area (Å²) in [5.74, 6) is 1.82. The van der Waals surface area contributed by atoms with Crippen molar-refractivity contribution in [1.29, 1.82) is 0 Å². The predicted octanol–water partition coefficient (Wildman–Crippen LogP) is 5.97. The van der Waals surface area contributed by atoms with Crippen LogP contribution in [-0.4, -0.2) is 27.3 Å². The molecule has 0 fully saturated rings. The molecule has 2 aromatic heterocycles. The fraction of sp³-hybridized carbons (Fsp3) is 0.222. The molecule has 0 radical (unpaired) electrons. The van der Waals surface area contributed by atoms with Crippen LogP contribution in [0, 0.1) is 0 Å². The molecule has 0 bridgehead atoms. The number of urea groups is 1. The van der Waals surface area contributed by atoms with E-state index in [-0.39, 0.29) is 11.4 Å². The van der Waals surface area contributed by atoms with Crippen LogP contribution in [0.3, 0.4) is 0 Å². The molecule has 178 valence electrons. The Bertz CT molecular complexity index is 1360. The fourth-order valence-corrected chi connectivity index (χ4v) is 3.92. The van der Waals surface area contributed by atoms with E-state index in [0.29, 0.717) is 23.0 Å². The van der Waals surface area contributed by atoms with E-state index in [1.165, 1.54) is 5.56 Å². The summed E-state index contributed by atoms with van der Waals surface area (Å²) in [5.41, 5.74) is 4.63. The predicted molar refractivity (Wildman–Crippen MR) is 138 cm³/mol. The highest BCUT2D eigenvalue weighted by Crippen LogP contribution is 2.30. The second kappa shape index (κ2) is 9.13. The van der Waals surface area contributed by atoms with Crippen molar-refractivity contribution in [2.24, 2.45) is 0 Å². The van der Waals surface area contributed by atoms with Crippen molar-refractivity contribution in [3.8, 4) is 17.2 Å². The Morgan fingerprint density at radius 1 is 1.03 bits per heavy atom. The number of fused-ring (bicyclic) bond motifs is 1. The maximum atomic E-state index is 13.0. The zero-order valence-electron chi connectivity index (χ0n) is 20.0. The Labute approximate surface area is 204 Å². The Kier molecular flexibility index (Phi) is 5.86. The van der Waals surface area contributed by atoms with Crippen molar-refractivity contribution in [2.45, 2.75) is 32.6 Å². The normalized spacial score (nSPS) is 12.5. The largest absolute Gasteiger partial charge is 0.456 e. The van der Waals surface area contributed by atoms with Crippen molar-refractivity contribution >= 4 is 23.2 Å². The third-order valence-electron chi connectivity index (χ3n) is 5.72. The second-order valence-electron chi connectivity index (χ2n) is 9.49. The summed E-state index contributed by atoms with van der Waals surface area (Å²) in [6, 6.07) is 18.6. The average Bonchev–Trinajstić information content (AvgIpc) is 3.46. The van der Waals surface area contributed by atoms with E-state index in [0.717, 1.165) is 30.0 Å². The first-order valence-electron chi connectivity index (χ1n) is 11.6. The molecule has 0 saturated heterocycles. The molecule has 8 heteroatoms. The van der Waals surface area contributed by atoms with Gasteiger partial charge in [-0.3, -0.25) is 10.3 Å². The molecule has 2 aromatic carbocycles. The SMILES string of the molecule is CC(C)(C)c1cc(NC(=O)Nc2cccc(Oc3cccnc3)c2)n(-c2ccc3c(c2)CCN3)n1. The van der Waals surface area contributed by atoms with Crippen LogP contribution in [-0.2, 0) is 11.8 Å². The highest BCUT2D eigenvalue weighted by atomic mass is 16.5. The Morgan fingerprint density at radius 2 is 1.89 bits per heavy atom. The van der Waals surface area contributed by atoms with Gasteiger partial charge in [0.15, 0.2) is 0 Å². The number of nitrogens with zero attached hydrogens (tertiary/aromatic N) is 3. The monoisotopic (exact) mass is 468 g/mol. The van der Waals surface area contributed by atoms with Gasteiger partial charge in [-0.2, -0.15) is 5.10 Å². The summed E-state index contributed by atoms with van der Waals surface area (Å²) in [5, 5.41) is 14.1. The van der Waals surface area contributed by atoms with Crippen molar-refractivity contribution in [3.63, 3.8) is 0 Å². The zero-order valence-corrected chi connectivity index (χ0v) is 20.0. The summed E-state index contributed by atoms with van der Waals surface area (Å²) >= 11 is 0. The molecule has 0 saturated carbocycles. The number of pyridine rings is 1. The van der Waals surface area contributed by atoms with Crippen LogP contribution in [0.5, 0.6) is 11.5 Å². The highest BCUT2D eigenvalue weighted by molar-refractivity contribution is 5.99.